The molecule has 2 rings (SSSR count). The molecule has 7 heteroatoms. The smallest absolute Gasteiger partial charge is 0.265 e. The molecule has 1 aliphatic rings. The van der Waals surface area contributed by atoms with Gasteiger partial charge in [0.25, 0.3) is 10.0 Å². The van der Waals surface area contributed by atoms with Gasteiger partial charge in [0.15, 0.2) is 5.78 Å². The Morgan fingerprint density at radius 3 is 2.52 bits per heavy atom. The first kappa shape index (κ1) is 21.3. The van der Waals surface area contributed by atoms with Crippen molar-refractivity contribution in [2.75, 3.05) is 6.54 Å². The summed E-state index contributed by atoms with van der Waals surface area (Å²) in [6, 6.07) is 6.21. The third kappa shape index (κ3) is 4.45. The second kappa shape index (κ2) is 8.76. The van der Waals surface area contributed by atoms with Crippen molar-refractivity contribution < 1.29 is 18.3 Å². The minimum Gasteiger partial charge on any atom is -0.512 e. The number of sulfonamides is 1. The van der Waals surface area contributed by atoms with E-state index in [0.29, 0.717) is 19.3 Å². The van der Waals surface area contributed by atoms with Crippen LogP contribution in [-0.4, -0.2) is 30.2 Å². The highest BCUT2D eigenvalue weighted by molar-refractivity contribution is 7.89. The van der Waals surface area contributed by atoms with Crippen LogP contribution in [0.4, 0.5) is 0 Å². The first-order valence-corrected chi connectivity index (χ1v) is 10.5. The third-order valence-corrected chi connectivity index (χ3v) is 6.72. The van der Waals surface area contributed by atoms with Crippen LogP contribution in [0.15, 0.2) is 64.4 Å². The summed E-state index contributed by atoms with van der Waals surface area (Å²) < 4.78 is 28.1. The summed E-state index contributed by atoms with van der Waals surface area (Å²) >= 11 is 6.15. The summed E-state index contributed by atoms with van der Waals surface area (Å²) in [5.41, 5.74) is 1.03. The van der Waals surface area contributed by atoms with Gasteiger partial charge in [-0.15, -0.1) is 6.58 Å². The van der Waals surface area contributed by atoms with E-state index in [-0.39, 0.29) is 33.5 Å². The molecule has 0 unspecified atom stereocenters. The summed E-state index contributed by atoms with van der Waals surface area (Å²) in [6.07, 6.45) is 4.12. The number of hydrogen-bond acceptors (Lipinski definition) is 4. The molecule has 0 atom stereocenters. The second-order valence-corrected chi connectivity index (χ2v) is 8.66. The lowest BCUT2D eigenvalue weighted by Crippen LogP contribution is -2.34. The molecule has 0 radical (unpaired) electrons. The monoisotopic (exact) mass is 409 g/mol. The lowest BCUT2D eigenvalue weighted by molar-refractivity contribution is -0.113. The standard InChI is InChI=1S/C20H24ClNO4S/c1-4-9-16-10-7-8-13-22(20(16)19(14(2)23)15(3)24)27(25,26)18-12-6-5-11-17(18)21/h4-6,11-12,23H,1,7-10,13H2,2-3H3. The Morgan fingerprint density at radius 1 is 1.30 bits per heavy atom. The molecule has 0 saturated carbocycles. The van der Waals surface area contributed by atoms with Crippen LogP contribution in [-0.2, 0) is 14.8 Å². The van der Waals surface area contributed by atoms with E-state index in [1.807, 2.05) is 0 Å². The van der Waals surface area contributed by atoms with E-state index >= 15 is 0 Å². The number of rotatable bonds is 6. The van der Waals surface area contributed by atoms with E-state index < -0.39 is 15.8 Å². The summed E-state index contributed by atoms with van der Waals surface area (Å²) in [6.45, 7) is 6.65. The lowest BCUT2D eigenvalue weighted by Gasteiger charge is -2.29. The van der Waals surface area contributed by atoms with Gasteiger partial charge in [0.1, 0.15) is 10.7 Å². The molecule has 5 nitrogen and oxygen atoms in total. The Bertz CT molecular complexity index is 912. The number of aliphatic hydroxyl groups excluding tert-OH is 1. The fourth-order valence-electron chi connectivity index (χ4n) is 3.28. The Hall–Kier alpha value is -2.05. The fourth-order valence-corrected chi connectivity index (χ4v) is 5.34. The van der Waals surface area contributed by atoms with Crippen LogP contribution in [0.1, 0.15) is 39.5 Å². The highest BCUT2D eigenvalue weighted by atomic mass is 35.5. The van der Waals surface area contributed by atoms with Gasteiger partial charge in [0, 0.05) is 6.54 Å². The molecule has 0 aliphatic carbocycles. The van der Waals surface area contributed by atoms with Crippen LogP contribution in [0.3, 0.4) is 0 Å². The van der Waals surface area contributed by atoms with Crippen molar-refractivity contribution in [3.63, 3.8) is 0 Å². The van der Waals surface area contributed by atoms with Gasteiger partial charge in [-0.2, -0.15) is 0 Å². The third-order valence-electron chi connectivity index (χ3n) is 4.42. The van der Waals surface area contributed by atoms with Crippen LogP contribution in [0.5, 0.6) is 0 Å². The molecule has 0 saturated heterocycles. The van der Waals surface area contributed by atoms with Crippen molar-refractivity contribution in [3.8, 4) is 0 Å². The van der Waals surface area contributed by atoms with Gasteiger partial charge in [-0.25, -0.2) is 8.42 Å². The van der Waals surface area contributed by atoms with E-state index in [9.17, 15) is 18.3 Å². The largest absolute Gasteiger partial charge is 0.512 e. The molecule has 27 heavy (non-hydrogen) atoms. The number of Topliss-reactive ketones (excluding diaryl/α,β-unsaturated/α-hetero) is 1. The van der Waals surface area contributed by atoms with Gasteiger partial charge < -0.3 is 5.11 Å². The van der Waals surface area contributed by atoms with Gasteiger partial charge in [0.2, 0.25) is 0 Å². The predicted molar refractivity (Wildman–Crippen MR) is 107 cm³/mol. The molecular weight excluding hydrogens is 386 g/mol. The van der Waals surface area contributed by atoms with E-state index in [0.717, 1.165) is 12.0 Å². The highest BCUT2D eigenvalue weighted by Crippen LogP contribution is 2.36. The van der Waals surface area contributed by atoms with E-state index in [2.05, 4.69) is 6.58 Å². The van der Waals surface area contributed by atoms with Gasteiger partial charge in [-0.1, -0.05) is 29.8 Å². The first-order valence-electron chi connectivity index (χ1n) is 8.73. The summed E-state index contributed by atoms with van der Waals surface area (Å²) in [7, 11) is -4.02. The average molecular weight is 410 g/mol. The van der Waals surface area contributed by atoms with Crippen molar-refractivity contribution in [2.45, 2.75) is 44.4 Å². The molecule has 1 aromatic carbocycles. The van der Waals surface area contributed by atoms with Crippen LogP contribution in [0, 0.1) is 0 Å². The minimum absolute atomic E-state index is 0.0179. The first-order chi connectivity index (χ1) is 12.7. The molecular formula is C20H24ClNO4S. The number of ketones is 1. The Balaban J connectivity index is 2.80. The van der Waals surface area contributed by atoms with Gasteiger partial charge in [-0.05, 0) is 57.2 Å². The summed E-state index contributed by atoms with van der Waals surface area (Å²) in [4.78, 5) is 12.3. The van der Waals surface area contributed by atoms with Crippen LogP contribution < -0.4 is 0 Å². The van der Waals surface area contributed by atoms with Crippen molar-refractivity contribution in [1.29, 1.82) is 0 Å². The zero-order chi connectivity index (χ0) is 20.2. The fraction of sp³-hybridized carbons (Fsp3) is 0.350. The van der Waals surface area contributed by atoms with Gasteiger partial charge in [0.05, 0.1) is 16.3 Å². The molecule has 0 fully saturated rings. The van der Waals surface area contributed by atoms with Gasteiger partial charge >= 0.3 is 0 Å². The maximum Gasteiger partial charge on any atom is 0.265 e. The Morgan fingerprint density at radius 2 is 1.96 bits per heavy atom. The molecule has 0 aromatic heterocycles. The van der Waals surface area contributed by atoms with Crippen LogP contribution >= 0.6 is 11.6 Å². The van der Waals surface area contributed by atoms with Crippen molar-refractivity contribution in [3.05, 3.63) is 64.5 Å². The van der Waals surface area contributed by atoms with E-state index in [1.54, 1.807) is 18.2 Å². The van der Waals surface area contributed by atoms with Gasteiger partial charge in [-0.3, -0.25) is 9.10 Å². The van der Waals surface area contributed by atoms with Crippen molar-refractivity contribution >= 4 is 27.4 Å². The topological polar surface area (TPSA) is 74.7 Å². The second-order valence-electron chi connectivity index (χ2n) is 6.43. The number of aliphatic hydroxyl groups is 1. The molecule has 146 valence electrons. The summed E-state index contributed by atoms with van der Waals surface area (Å²) in [5, 5.41) is 10.3. The molecule has 1 aliphatic heterocycles. The maximum absolute atomic E-state index is 13.4. The number of hydrogen-bond donors (Lipinski definition) is 1. The molecule has 0 spiro atoms. The highest BCUT2D eigenvalue weighted by Gasteiger charge is 2.34. The molecule has 1 N–H and O–H groups in total. The number of carbonyl (C=O) groups is 1. The normalized spacial score (nSPS) is 16.6. The van der Waals surface area contributed by atoms with Crippen molar-refractivity contribution in [2.24, 2.45) is 0 Å². The predicted octanol–water partition coefficient (Wildman–Crippen LogP) is 4.77. The lowest BCUT2D eigenvalue weighted by atomic mass is 9.97. The van der Waals surface area contributed by atoms with E-state index in [4.69, 9.17) is 11.6 Å². The number of nitrogens with zero attached hydrogens (tertiary/aromatic N) is 1. The molecule has 0 amide bonds. The van der Waals surface area contributed by atoms with Crippen LogP contribution in [0.2, 0.25) is 5.02 Å². The van der Waals surface area contributed by atoms with Crippen LogP contribution in [0.25, 0.3) is 0 Å². The van der Waals surface area contributed by atoms with Crippen molar-refractivity contribution in [1.82, 2.24) is 4.31 Å². The maximum atomic E-state index is 13.4. The zero-order valence-corrected chi connectivity index (χ0v) is 17.1. The Labute approximate surface area is 165 Å². The van der Waals surface area contributed by atoms with E-state index in [1.165, 1.54) is 30.3 Å². The SMILES string of the molecule is C=CCC1=C(C(C(C)=O)=C(C)O)N(S(=O)(=O)c2ccccc2Cl)CCCC1. The number of halogens is 1. The average Bonchev–Trinajstić information content (AvgIpc) is 2.78. The number of carbonyl (C=O) groups excluding carboxylic acids is 1. The quantitative estimate of drug-likeness (QED) is 0.417. The summed E-state index contributed by atoms with van der Waals surface area (Å²) in [5.74, 6) is -0.604. The zero-order valence-electron chi connectivity index (χ0n) is 15.5. The number of benzene rings is 1. The molecule has 1 heterocycles. The number of allylic oxidation sites excluding steroid dienone is 4. The molecule has 0 bridgehead atoms. The Kier molecular flexibility index (Phi) is 6.89. The molecule has 1 aromatic rings. The minimum atomic E-state index is -4.02.